The number of hydrogen-bond acceptors (Lipinski definition) is 7. The molecule has 3 aromatic heterocycles. The molecular formula is C22H17ClN6S. The van der Waals surface area contributed by atoms with Gasteiger partial charge in [-0.1, -0.05) is 23.7 Å². The first-order valence-corrected chi connectivity index (χ1v) is 10.8. The monoisotopic (exact) mass is 432 g/mol. The molecule has 0 aliphatic carbocycles. The summed E-state index contributed by atoms with van der Waals surface area (Å²) in [6, 6.07) is 15.7. The third kappa shape index (κ3) is 3.56. The van der Waals surface area contributed by atoms with Crippen molar-refractivity contribution < 1.29 is 0 Å². The molecule has 0 atom stereocenters. The molecule has 1 aromatic carbocycles. The normalized spacial score (nSPS) is 14.1. The van der Waals surface area contributed by atoms with Gasteiger partial charge in [0, 0.05) is 42.3 Å². The molecule has 1 aliphatic heterocycles. The summed E-state index contributed by atoms with van der Waals surface area (Å²) in [5.74, 6) is 1.83. The van der Waals surface area contributed by atoms with Crippen molar-refractivity contribution in [1.29, 1.82) is 5.26 Å². The van der Waals surface area contributed by atoms with Gasteiger partial charge in [0.1, 0.15) is 18.0 Å². The lowest BCUT2D eigenvalue weighted by Gasteiger charge is -2.36. The Morgan fingerprint density at radius 1 is 0.933 bits per heavy atom. The summed E-state index contributed by atoms with van der Waals surface area (Å²) in [4.78, 5) is 19.2. The number of anilines is 2. The van der Waals surface area contributed by atoms with Crippen LogP contribution in [0.1, 0.15) is 5.56 Å². The van der Waals surface area contributed by atoms with Gasteiger partial charge in [0.15, 0.2) is 0 Å². The summed E-state index contributed by atoms with van der Waals surface area (Å²) in [6.45, 7) is 3.31. The molecule has 0 bridgehead atoms. The molecule has 0 radical (unpaired) electrons. The van der Waals surface area contributed by atoms with E-state index in [9.17, 15) is 0 Å². The second-order valence-electron chi connectivity index (χ2n) is 7.02. The average molecular weight is 433 g/mol. The minimum atomic E-state index is 0.633. The van der Waals surface area contributed by atoms with Gasteiger partial charge in [0.2, 0.25) is 0 Å². The number of thiophene rings is 1. The van der Waals surface area contributed by atoms with E-state index in [1.807, 2.05) is 30.3 Å². The van der Waals surface area contributed by atoms with Crippen LogP contribution in [-0.4, -0.2) is 41.1 Å². The lowest BCUT2D eigenvalue weighted by molar-refractivity contribution is 0.643. The number of benzene rings is 1. The van der Waals surface area contributed by atoms with E-state index in [-0.39, 0.29) is 0 Å². The summed E-state index contributed by atoms with van der Waals surface area (Å²) >= 11 is 7.73. The van der Waals surface area contributed by atoms with Crippen LogP contribution in [0, 0.1) is 11.3 Å². The Morgan fingerprint density at radius 3 is 2.47 bits per heavy atom. The van der Waals surface area contributed by atoms with Crippen molar-refractivity contribution in [2.24, 2.45) is 0 Å². The van der Waals surface area contributed by atoms with Crippen molar-refractivity contribution in [3.63, 3.8) is 0 Å². The molecule has 4 aromatic rings. The minimum absolute atomic E-state index is 0.633. The van der Waals surface area contributed by atoms with Gasteiger partial charge in [0.25, 0.3) is 0 Å². The quantitative estimate of drug-likeness (QED) is 0.471. The number of aromatic nitrogens is 3. The number of nitriles is 1. The average Bonchev–Trinajstić information content (AvgIpc) is 3.24. The van der Waals surface area contributed by atoms with Gasteiger partial charge in [-0.2, -0.15) is 5.26 Å². The molecule has 1 fully saturated rings. The standard InChI is InChI=1S/C22H17ClN6S/c23-17-3-1-16(2-4-17)19-12-18-21(30-19)22(27-14-26-18)29-9-7-28(8-10-29)20-11-15(13-24)5-6-25-20/h1-6,11-12,14H,7-10H2. The predicted molar refractivity (Wildman–Crippen MR) is 121 cm³/mol. The number of fused-ring (bicyclic) bond motifs is 1. The molecule has 8 heteroatoms. The number of halogens is 1. The number of pyridine rings is 1. The first-order valence-electron chi connectivity index (χ1n) is 9.58. The number of rotatable bonds is 3. The van der Waals surface area contributed by atoms with Gasteiger partial charge < -0.3 is 9.80 Å². The zero-order chi connectivity index (χ0) is 20.5. The van der Waals surface area contributed by atoms with E-state index in [4.69, 9.17) is 16.9 Å². The number of nitrogens with zero attached hydrogens (tertiary/aromatic N) is 6. The van der Waals surface area contributed by atoms with Crippen LogP contribution in [0.2, 0.25) is 5.02 Å². The van der Waals surface area contributed by atoms with E-state index in [2.05, 4.69) is 36.9 Å². The highest BCUT2D eigenvalue weighted by molar-refractivity contribution is 7.22. The molecule has 5 rings (SSSR count). The highest BCUT2D eigenvalue weighted by Gasteiger charge is 2.22. The first kappa shape index (κ1) is 18.8. The Bertz CT molecular complexity index is 1240. The Hall–Kier alpha value is -3.21. The Morgan fingerprint density at radius 2 is 1.70 bits per heavy atom. The lowest BCUT2D eigenvalue weighted by Crippen LogP contribution is -2.47. The fraction of sp³-hybridized carbons (Fsp3) is 0.182. The second kappa shape index (κ2) is 7.90. The van der Waals surface area contributed by atoms with Crippen LogP contribution in [0.3, 0.4) is 0 Å². The number of piperazine rings is 1. The summed E-state index contributed by atoms with van der Waals surface area (Å²) in [5.41, 5.74) is 2.72. The van der Waals surface area contributed by atoms with Crippen LogP contribution in [0.4, 0.5) is 11.6 Å². The smallest absolute Gasteiger partial charge is 0.150 e. The second-order valence-corrected chi connectivity index (χ2v) is 8.51. The van der Waals surface area contributed by atoms with Crippen LogP contribution >= 0.6 is 22.9 Å². The Labute approximate surface area is 183 Å². The molecule has 30 heavy (non-hydrogen) atoms. The SMILES string of the molecule is N#Cc1ccnc(N2CCN(c3ncnc4cc(-c5ccc(Cl)cc5)sc34)CC2)c1. The van der Waals surface area contributed by atoms with E-state index in [1.54, 1.807) is 29.9 Å². The summed E-state index contributed by atoms with van der Waals surface area (Å²) < 4.78 is 1.10. The van der Waals surface area contributed by atoms with Gasteiger partial charge in [-0.25, -0.2) is 15.0 Å². The maximum atomic E-state index is 9.13. The van der Waals surface area contributed by atoms with Gasteiger partial charge >= 0.3 is 0 Å². The van der Waals surface area contributed by atoms with E-state index in [1.165, 1.54) is 0 Å². The molecule has 0 amide bonds. The molecular weight excluding hydrogens is 416 g/mol. The lowest BCUT2D eigenvalue weighted by atomic mass is 10.2. The molecule has 1 aliphatic rings. The maximum absolute atomic E-state index is 9.13. The maximum Gasteiger partial charge on any atom is 0.150 e. The van der Waals surface area contributed by atoms with Gasteiger partial charge in [-0.15, -0.1) is 11.3 Å². The summed E-state index contributed by atoms with van der Waals surface area (Å²) in [7, 11) is 0. The van der Waals surface area contributed by atoms with Gasteiger partial charge in [0.05, 0.1) is 21.8 Å². The molecule has 4 heterocycles. The van der Waals surface area contributed by atoms with Crippen molar-refractivity contribution in [3.8, 4) is 16.5 Å². The fourth-order valence-corrected chi connectivity index (χ4v) is 4.89. The highest BCUT2D eigenvalue weighted by atomic mass is 35.5. The molecule has 1 saturated heterocycles. The molecule has 0 unspecified atom stereocenters. The zero-order valence-electron chi connectivity index (χ0n) is 16.0. The Balaban J connectivity index is 1.39. The molecule has 0 N–H and O–H groups in total. The van der Waals surface area contributed by atoms with Crippen LogP contribution in [0.5, 0.6) is 0 Å². The number of hydrogen-bond donors (Lipinski definition) is 0. The van der Waals surface area contributed by atoms with Gasteiger partial charge in [-0.05, 0) is 35.9 Å². The third-order valence-electron chi connectivity index (χ3n) is 5.20. The third-order valence-corrected chi connectivity index (χ3v) is 6.62. The van der Waals surface area contributed by atoms with Crippen LogP contribution < -0.4 is 9.80 Å². The van der Waals surface area contributed by atoms with E-state index in [0.29, 0.717) is 5.56 Å². The molecule has 0 saturated carbocycles. The van der Waals surface area contributed by atoms with Crippen LogP contribution in [0.15, 0.2) is 55.0 Å². The minimum Gasteiger partial charge on any atom is -0.353 e. The highest BCUT2D eigenvalue weighted by Crippen LogP contribution is 2.37. The van der Waals surface area contributed by atoms with E-state index < -0.39 is 0 Å². The topological polar surface area (TPSA) is 68.9 Å². The van der Waals surface area contributed by atoms with E-state index >= 15 is 0 Å². The molecule has 0 spiro atoms. The van der Waals surface area contributed by atoms with Crippen molar-refractivity contribution in [2.45, 2.75) is 0 Å². The summed E-state index contributed by atoms with van der Waals surface area (Å²) in [5, 5.41) is 9.86. The summed E-state index contributed by atoms with van der Waals surface area (Å²) in [6.07, 6.45) is 3.33. The van der Waals surface area contributed by atoms with Gasteiger partial charge in [-0.3, -0.25) is 0 Å². The van der Waals surface area contributed by atoms with Crippen molar-refractivity contribution >= 4 is 44.8 Å². The van der Waals surface area contributed by atoms with Crippen LogP contribution in [0.25, 0.3) is 20.7 Å². The first-order chi connectivity index (χ1) is 14.7. The fourth-order valence-electron chi connectivity index (χ4n) is 3.63. The molecule has 6 nitrogen and oxygen atoms in total. The van der Waals surface area contributed by atoms with Crippen molar-refractivity contribution in [3.05, 3.63) is 65.6 Å². The molecule has 148 valence electrons. The van der Waals surface area contributed by atoms with Crippen molar-refractivity contribution in [1.82, 2.24) is 15.0 Å². The Kier molecular flexibility index (Phi) is 4.95. The zero-order valence-corrected chi connectivity index (χ0v) is 17.6. The van der Waals surface area contributed by atoms with Crippen LogP contribution in [-0.2, 0) is 0 Å². The largest absolute Gasteiger partial charge is 0.353 e. The predicted octanol–water partition coefficient (Wildman–Crippen LogP) is 4.60. The van der Waals surface area contributed by atoms with Crippen molar-refractivity contribution in [2.75, 3.05) is 36.0 Å². The van der Waals surface area contributed by atoms with E-state index in [0.717, 1.165) is 63.5 Å².